The van der Waals surface area contributed by atoms with E-state index in [0.29, 0.717) is 13.1 Å². The standard InChI is InChI=1S/C18H22N2O2/c1-15(21)13-20(17-10-6-3-7-11-17)14-18(22)19-12-16-8-4-2-5-9-16/h2-11,15,21H,12-14H2,1H3,(H,19,22). The van der Waals surface area contributed by atoms with Crippen molar-refractivity contribution in [3.05, 3.63) is 66.2 Å². The lowest BCUT2D eigenvalue weighted by Crippen LogP contribution is -2.40. The second kappa shape index (κ2) is 8.20. The van der Waals surface area contributed by atoms with Crippen molar-refractivity contribution < 1.29 is 9.90 Å². The highest BCUT2D eigenvalue weighted by Gasteiger charge is 2.13. The number of nitrogens with zero attached hydrogens (tertiary/aromatic N) is 1. The van der Waals surface area contributed by atoms with Crippen LogP contribution < -0.4 is 10.2 Å². The number of hydrogen-bond acceptors (Lipinski definition) is 3. The van der Waals surface area contributed by atoms with Crippen LogP contribution in [0, 0.1) is 0 Å². The summed E-state index contributed by atoms with van der Waals surface area (Å²) in [4.78, 5) is 14.0. The van der Waals surface area contributed by atoms with E-state index < -0.39 is 6.10 Å². The highest BCUT2D eigenvalue weighted by atomic mass is 16.3. The van der Waals surface area contributed by atoms with Gasteiger partial charge >= 0.3 is 0 Å². The van der Waals surface area contributed by atoms with Crippen molar-refractivity contribution in [3.63, 3.8) is 0 Å². The second-order valence-electron chi connectivity index (χ2n) is 5.33. The minimum atomic E-state index is -0.498. The highest BCUT2D eigenvalue weighted by Crippen LogP contribution is 2.13. The summed E-state index contributed by atoms with van der Waals surface area (Å²) in [6.07, 6.45) is -0.498. The summed E-state index contributed by atoms with van der Waals surface area (Å²) < 4.78 is 0. The van der Waals surface area contributed by atoms with Crippen LogP contribution in [0.5, 0.6) is 0 Å². The third-order valence-corrected chi connectivity index (χ3v) is 3.27. The molecule has 2 rings (SSSR count). The molecule has 2 aromatic rings. The topological polar surface area (TPSA) is 52.6 Å². The lowest BCUT2D eigenvalue weighted by Gasteiger charge is -2.25. The molecule has 0 aliphatic carbocycles. The zero-order valence-electron chi connectivity index (χ0n) is 12.8. The summed E-state index contributed by atoms with van der Waals surface area (Å²) in [6, 6.07) is 19.5. The molecule has 2 N–H and O–H groups in total. The van der Waals surface area contributed by atoms with E-state index in [-0.39, 0.29) is 12.5 Å². The number of anilines is 1. The third-order valence-electron chi connectivity index (χ3n) is 3.27. The van der Waals surface area contributed by atoms with Gasteiger partial charge in [0.05, 0.1) is 12.6 Å². The average molecular weight is 298 g/mol. The van der Waals surface area contributed by atoms with E-state index in [4.69, 9.17) is 0 Å². The Morgan fingerprint density at radius 2 is 1.68 bits per heavy atom. The molecule has 0 bridgehead atoms. The maximum Gasteiger partial charge on any atom is 0.239 e. The molecule has 4 heteroatoms. The number of para-hydroxylation sites is 1. The van der Waals surface area contributed by atoms with E-state index in [2.05, 4.69) is 5.32 Å². The Labute approximate surface area is 131 Å². The van der Waals surface area contributed by atoms with Crippen molar-refractivity contribution in [1.29, 1.82) is 0 Å². The quantitative estimate of drug-likeness (QED) is 0.824. The van der Waals surface area contributed by atoms with E-state index in [9.17, 15) is 9.90 Å². The molecule has 0 spiro atoms. The van der Waals surface area contributed by atoms with Gasteiger partial charge in [-0.05, 0) is 24.6 Å². The number of hydrogen-bond donors (Lipinski definition) is 2. The van der Waals surface area contributed by atoms with Crippen LogP contribution in [0.2, 0.25) is 0 Å². The van der Waals surface area contributed by atoms with Crippen LogP contribution in [0.3, 0.4) is 0 Å². The van der Waals surface area contributed by atoms with E-state index >= 15 is 0 Å². The fraction of sp³-hybridized carbons (Fsp3) is 0.278. The van der Waals surface area contributed by atoms with Gasteiger partial charge in [0.15, 0.2) is 0 Å². The molecular weight excluding hydrogens is 276 g/mol. The molecule has 0 heterocycles. The van der Waals surface area contributed by atoms with Crippen molar-refractivity contribution >= 4 is 11.6 Å². The minimum Gasteiger partial charge on any atom is -0.392 e. The Hall–Kier alpha value is -2.33. The van der Waals surface area contributed by atoms with Gasteiger partial charge in [0.25, 0.3) is 0 Å². The predicted molar refractivity (Wildman–Crippen MR) is 88.6 cm³/mol. The lowest BCUT2D eigenvalue weighted by molar-refractivity contribution is -0.120. The summed E-state index contributed by atoms with van der Waals surface area (Å²) >= 11 is 0. The zero-order chi connectivity index (χ0) is 15.8. The van der Waals surface area contributed by atoms with Crippen LogP contribution in [0.1, 0.15) is 12.5 Å². The normalized spacial score (nSPS) is 11.7. The van der Waals surface area contributed by atoms with E-state index in [1.54, 1.807) is 6.92 Å². The maximum atomic E-state index is 12.1. The van der Waals surface area contributed by atoms with Crippen molar-refractivity contribution in [1.82, 2.24) is 5.32 Å². The van der Waals surface area contributed by atoms with Crippen molar-refractivity contribution in [2.24, 2.45) is 0 Å². The van der Waals surface area contributed by atoms with Crippen molar-refractivity contribution in [2.45, 2.75) is 19.6 Å². The van der Waals surface area contributed by atoms with Gasteiger partial charge in [-0.15, -0.1) is 0 Å². The number of carbonyl (C=O) groups is 1. The van der Waals surface area contributed by atoms with Gasteiger partial charge in [-0.25, -0.2) is 0 Å². The van der Waals surface area contributed by atoms with Gasteiger partial charge in [-0.3, -0.25) is 4.79 Å². The number of nitrogens with one attached hydrogen (secondary N) is 1. The number of aliphatic hydroxyl groups is 1. The van der Waals surface area contributed by atoms with Crippen LogP contribution >= 0.6 is 0 Å². The molecule has 116 valence electrons. The Morgan fingerprint density at radius 1 is 1.09 bits per heavy atom. The molecule has 0 aliphatic heterocycles. The van der Waals surface area contributed by atoms with Crippen LogP contribution in [-0.2, 0) is 11.3 Å². The number of aliphatic hydroxyl groups excluding tert-OH is 1. The van der Waals surface area contributed by atoms with Gasteiger partial charge in [-0.1, -0.05) is 48.5 Å². The summed E-state index contributed by atoms with van der Waals surface area (Å²) in [5, 5.41) is 12.5. The van der Waals surface area contributed by atoms with E-state index in [1.165, 1.54) is 0 Å². The Morgan fingerprint density at radius 3 is 2.27 bits per heavy atom. The monoisotopic (exact) mass is 298 g/mol. The molecule has 0 radical (unpaired) electrons. The number of benzene rings is 2. The average Bonchev–Trinajstić information content (AvgIpc) is 2.54. The second-order valence-corrected chi connectivity index (χ2v) is 5.33. The number of amides is 1. The van der Waals surface area contributed by atoms with Gasteiger partial charge in [0.2, 0.25) is 5.91 Å². The summed E-state index contributed by atoms with van der Waals surface area (Å²) in [6.45, 7) is 2.87. The van der Waals surface area contributed by atoms with Crippen LogP contribution in [0.25, 0.3) is 0 Å². The fourth-order valence-electron chi connectivity index (χ4n) is 2.24. The lowest BCUT2D eigenvalue weighted by atomic mass is 10.2. The molecule has 0 fully saturated rings. The molecule has 0 saturated heterocycles. The predicted octanol–water partition coefficient (Wildman–Crippen LogP) is 2.19. The first-order chi connectivity index (χ1) is 10.6. The van der Waals surface area contributed by atoms with E-state index in [0.717, 1.165) is 11.3 Å². The molecule has 0 aromatic heterocycles. The number of carbonyl (C=O) groups excluding carboxylic acids is 1. The van der Waals surface area contributed by atoms with Crippen molar-refractivity contribution in [2.75, 3.05) is 18.0 Å². The third kappa shape index (κ3) is 5.22. The zero-order valence-corrected chi connectivity index (χ0v) is 12.8. The first-order valence-corrected chi connectivity index (χ1v) is 7.44. The number of rotatable bonds is 7. The summed E-state index contributed by atoms with van der Waals surface area (Å²) in [5.41, 5.74) is 2.00. The van der Waals surface area contributed by atoms with Gasteiger partial charge in [0.1, 0.15) is 0 Å². The van der Waals surface area contributed by atoms with Gasteiger partial charge in [-0.2, -0.15) is 0 Å². The Balaban J connectivity index is 1.93. The summed E-state index contributed by atoms with van der Waals surface area (Å²) in [7, 11) is 0. The molecule has 22 heavy (non-hydrogen) atoms. The minimum absolute atomic E-state index is 0.0617. The first-order valence-electron chi connectivity index (χ1n) is 7.44. The Bertz CT molecular complexity index is 570. The molecule has 4 nitrogen and oxygen atoms in total. The molecule has 0 saturated carbocycles. The molecular formula is C18H22N2O2. The highest BCUT2D eigenvalue weighted by molar-refractivity contribution is 5.81. The molecule has 0 aliphatic rings. The van der Waals surface area contributed by atoms with Crippen LogP contribution in [0.15, 0.2) is 60.7 Å². The van der Waals surface area contributed by atoms with Crippen LogP contribution in [0.4, 0.5) is 5.69 Å². The molecule has 2 aromatic carbocycles. The van der Waals surface area contributed by atoms with Gasteiger partial charge in [0, 0.05) is 18.8 Å². The van der Waals surface area contributed by atoms with Gasteiger partial charge < -0.3 is 15.3 Å². The fourth-order valence-corrected chi connectivity index (χ4v) is 2.24. The maximum absolute atomic E-state index is 12.1. The molecule has 1 atom stereocenters. The smallest absolute Gasteiger partial charge is 0.239 e. The van der Waals surface area contributed by atoms with Crippen LogP contribution in [-0.4, -0.2) is 30.2 Å². The first kappa shape index (κ1) is 16.0. The van der Waals surface area contributed by atoms with E-state index in [1.807, 2.05) is 65.6 Å². The Kier molecular flexibility index (Phi) is 5.98. The molecule has 1 unspecified atom stereocenters. The van der Waals surface area contributed by atoms with Crippen molar-refractivity contribution in [3.8, 4) is 0 Å². The summed E-state index contributed by atoms with van der Waals surface area (Å²) in [5.74, 6) is -0.0617. The molecule has 1 amide bonds. The SMILES string of the molecule is CC(O)CN(CC(=O)NCc1ccccc1)c1ccccc1. The largest absolute Gasteiger partial charge is 0.392 e.